The molecule has 2 aromatic rings. The highest BCUT2D eigenvalue weighted by Crippen LogP contribution is 2.23. The molecule has 0 N–H and O–H groups in total. The minimum absolute atomic E-state index is 0.00338. The standard InChI is InChI=1S/C17H21N3O2S/c1-12-10-19(11-13(2)22-12)16(21)15-9-18-17(23-3)20(15)14-7-5-4-6-8-14/h4-9,12-13H,10-11H2,1-3H3. The Morgan fingerprint density at radius 3 is 2.48 bits per heavy atom. The molecular weight excluding hydrogens is 310 g/mol. The van der Waals surface area contributed by atoms with Crippen LogP contribution in [0.15, 0.2) is 41.7 Å². The third-order valence-electron chi connectivity index (χ3n) is 3.85. The van der Waals surface area contributed by atoms with Gasteiger partial charge in [-0.25, -0.2) is 4.98 Å². The van der Waals surface area contributed by atoms with Crippen molar-refractivity contribution in [1.29, 1.82) is 0 Å². The van der Waals surface area contributed by atoms with Gasteiger partial charge in [0.15, 0.2) is 5.16 Å². The summed E-state index contributed by atoms with van der Waals surface area (Å²) >= 11 is 1.53. The van der Waals surface area contributed by atoms with E-state index in [1.54, 1.807) is 6.20 Å². The summed E-state index contributed by atoms with van der Waals surface area (Å²) in [5, 5.41) is 0.814. The molecule has 2 atom stereocenters. The number of nitrogens with zero attached hydrogens (tertiary/aromatic N) is 3. The largest absolute Gasteiger partial charge is 0.372 e. The van der Waals surface area contributed by atoms with Crippen LogP contribution in [0, 0.1) is 0 Å². The fourth-order valence-electron chi connectivity index (χ4n) is 2.96. The summed E-state index contributed by atoms with van der Waals surface area (Å²) in [6, 6.07) is 9.87. The minimum atomic E-state index is 0.00338. The molecule has 2 heterocycles. The Kier molecular flexibility index (Phi) is 4.73. The Hall–Kier alpha value is -1.79. The summed E-state index contributed by atoms with van der Waals surface area (Å²) in [5.41, 5.74) is 1.55. The number of para-hydroxylation sites is 1. The van der Waals surface area contributed by atoms with Crippen molar-refractivity contribution in [3.8, 4) is 5.69 Å². The number of hydrogen-bond donors (Lipinski definition) is 0. The molecule has 3 rings (SSSR count). The van der Waals surface area contributed by atoms with E-state index in [1.165, 1.54) is 11.8 Å². The second-order valence-corrected chi connectivity index (χ2v) is 6.54. The first-order valence-electron chi connectivity index (χ1n) is 7.72. The van der Waals surface area contributed by atoms with Gasteiger partial charge in [0.05, 0.1) is 18.4 Å². The highest BCUT2D eigenvalue weighted by molar-refractivity contribution is 7.98. The Labute approximate surface area is 140 Å². The molecule has 122 valence electrons. The van der Waals surface area contributed by atoms with Gasteiger partial charge in [0.25, 0.3) is 5.91 Å². The zero-order valence-electron chi connectivity index (χ0n) is 13.6. The minimum Gasteiger partial charge on any atom is -0.372 e. The van der Waals surface area contributed by atoms with Crippen molar-refractivity contribution in [3.05, 3.63) is 42.2 Å². The third kappa shape index (κ3) is 3.28. The summed E-state index contributed by atoms with van der Waals surface area (Å²) in [5.74, 6) is 0.00338. The lowest BCUT2D eigenvalue weighted by molar-refractivity contribution is -0.0588. The first-order valence-corrected chi connectivity index (χ1v) is 8.94. The van der Waals surface area contributed by atoms with Gasteiger partial charge >= 0.3 is 0 Å². The number of imidazole rings is 1. The van der Waals surface area contributed by atoms with Crippen LogP contribution in [-0.2, 0) is 4.74 Å². The van der Waals surface area contributed by atoms with Crippen molar-refractivity contribution in [2.24, 2.45) is 0 Å². The van der Waals surface area contributed by atoms with Gasteiger partial charge in [0.2, 0.25) is 0 Å². The number of hydrogen-bond acceptors (Lipinski definition) is 4. The van der Waals surface area contributed by atoms with Gasteiger partial charge in [-0.15, -0.1) is 0 Å². The van der Waals surface area contributed by atoms with Gasteiger partial charge < -0.3 is 9.64 Å². The van der Waals surface area contributed by atoms with E-state index >= 15 is 0 Å². The maximum atomic E-state index is 13.0. The average molecular weight is 331 g/mol. The lowest BCUT2D eigenvalue weighted by Gasteiger charge is -2.35. The number of carbonyl (C=O) groups is 1. The van der Waals surface area contributed by atoms with Gasteiger partial charge in [-0.1, -0.05) is 30.0 Å². The quantitative estimate of drug-likeness (QED) is 0.812. The SMILES string of the molecule is CSc1ncc(C(=O)N2CC(C)OC(C)C2)n1-c1ccccc1. The lowest BCUT2D eigenvalue weighted by Crippen LogP contribution is -2.48. The molecule has 1 aromatic heterocycles. The topological polar surface area (TPSA) is 47.4 Å². The summed E-state index contributed by atoms with van der Waals surface area (Å²) < 4.78 is 7.65. The van der Waals surface area contributed by atoms with Gasteiger partial charge in [0, 0.05) is 18.8 Å². The van der Waals surface area contributed by atoms with Gasteiger partial charge in [-0.2, -0.15) is 0 Å². The molecule has 0 spiro atoms. The number of amides is 1. The predicted octanol–water partition coefficient (Wildman–Crippen LogP) is 2.84. The maximum Gasteiger partial charge on any atom is 0.272 e. The molecule has 0 radical (unpaired) electrons. The molecule has 0 aliphatic carbocycles. The Balaban J connectivity index is 1.97. The Bertz CT molecular complexity index is 676. The van der Waals surface area contributed by atoms with Crippen LogP contribution in [0.25, 0.3) is 5.69 Å². The monoisotopic (exact) mass is 331 g/mol. The van der Waals surface area contributed by atoms with Crippen LogP contribution in [0.3, 0.4) is 0 Å². The number of morpholine rings is 1. The molecule has 0 saturated carbocycles. The molecule has 1 saturated heterocycles. The molecule has 1 amide bonds. The van der Waals surface area contributed by atoms with Crippen LogP contribution in [-0.4, -0.2) is 51.9 Å². The normalized spacial score (nSPS) is 21.4. The van der Waals surface area contributed by atoms with Crippen molar-refractivity contribution >= 4 is 17.7 Å². The van der Waals surface area contributed by atoms with E-state index in [0.29, 0.717) is 18.8 Å². The summed E-state index contributed by atoms with van der Waals surface area (Å²) in [6.45, 7) is 5.21. The van der Waals surface area contributed by atoms with Gasteiger partial charge in [0.1, 0.15) is 5.69 Å². The van der Waals surface area contributed by atoms with Crippen LogP contribution in [0.2, 0.25) is 0 Å². The smallest absolute Gasteiger partial charge is 0.272 e. The van der Waals surface area contributed by atoms with Crippen molar-refractivity contribution in [1.82, 2.24) is 14.5 Å². The molecule has 2 unspecified atom stereocenters. The van der Waals surface area contributed by atoms with E-state index in [1.807, 2.05) is 59.9 Å². The summed E-state index contributed by atoms with van der Waals surface area (Å²) in [4.78, 5) is 19.3. The Morgan fingerprint density at radius 1 is 1.22 bits per heavy atom. The predicted molar refractivity (Wildman–Crippen MR) is 91.3 cm³/mol. The molecular formula is C17H21N3O2S. The maximum absolute atomic E-state index is 13.0. The number of carbonyl (C=O) groups excluding carboxylic acids is 1. The average Bonchev–Trinajstić information content (AvgIpc) is 2.98. The molecule has 23 heavy (non-hydrogen) atoms. The number of ether oxygens (including phenoxy) is 1. The molecule has 6 heteroatoms. The van der Waals surface area contributed by atoms with E-state index < -0.39 is 0 Å². The number of rotatable bonds is 3. The molecule has 1 aliphatic rings. The fraction of sp³-hybridized carbons (Fsp3) is 0.412. The zero-order valence-corrected chi connectivity index (χ0v) is 14.4. The molecule has 5 nitrogen and oxygen atoms in total. The van der Waals surface area contributed by atoms with E-state index in [2.05, 4.69) is 4.98 Å². The lowest BCUT2D eigenvalue weighted by atomic mass is 10.2. The second kappa shape index (κ2) is 6.76. The molecule has 0 bridgehead atoms. The van der Waals surface area contributed by atoms with Crippen LogP contribution < -0.4 is 0 Å². The van der Waals surface area contributed by atoms with Crippen molar-refractivity contribution in [2.75, 3.05) is 19.3 Å². The highest BCUT2D eigenvalue weighted by Gasteiger charge is 2.29. The first kappa shape index (κ1) is 16.1. The van der Waals surface area contributed by atoms with E-state index in [0.717, 1.165) is 10.8 Å². The van der Waals surface area contributed by atoms with Crippen molar-refractivity contribution in [2.45, 2.75) is 31.2 Å². The first-order chi connectivity index (χ1) is 11.1. The highest BCUT2D eigenvalue weighted by atomic mass is 32.2. The molecule has 1 fully saturated rings. The molecule has 1 aliphatic heterocycles. The van der Waals surface area contributed by atoms with Crippen LogP contribution >= 0.6 is 11.8 Å². The number of benzene rings is 1. The van der Waals surface area contributed by atoms with Crippen LogP contribution in [0.1, 0.15) is 24.3 Å². The van der Waals surface area contributed by atoms with Crippen LogP contribution in [0.4, 0.5) is 0 Å². The Morgan fingerprint density at radius 2 is 1.87 bits per heavy atom. The van der Waals surface area contributed by atoms with Gasteiger partial charge in [-0.3, -0.25) is 9.36 Å². The third-order valence-corrected chi connectivity index (χ3v) is 4.51. The van der Waals surface area contributed by atoms with Crippen molar-refractivity contribution < 1.29 is 9.53 Å². The number of thioether (sulfide) groups is 1. The summed E-state index contributed by atoms with van der Waals surface area (Å²) in [6.07, 6.45) is 3.74. The number of aromatic nitrogens is 2. The fourth-order valence-corrected chi connectivity index (χ4v) is 3.51. The van der Waals surface area contributed by atoms with E-state index in [-0.39, 0.29) is 18.1 Å². The summed E-state index contributed by atoms with van der Waals surface area (Å²) in [7, 11) is 0. The van der Waals surface area contributed by atoms with Crippen LogP contribution in [0.5, 0.6) is 0 Å². The van der Waals surface area contributed by atoms with Crippen molar-refractivity contribution in [3.63, 3.8) is 0 Å². The zero-order chi connectivity index (χ0) is 16.4. The van der Waals surface area contributed by atoms with E-state index in [4.69, 9.17) is 4.74 Å². The molecule has 1 aromatic carbocycles. The van der Waals surface area contributed by atoms with Gasteiger partial charge in [-0.05, 0) is 32.2 Å². The van der Waals surface area contributed by atoms with E-state index in [9.17, 15) is 4.79 Å². The second-order valence-electron chi connectivity index (χ2n) is 5.77.